The summed E-state index contributed by atoms with van der Waals surface area (Å²) in [6.07, 6.45) is 24.5. The largest absolute Gasteiger partial charge is 0.469 e. The molecule has 0 aromatic carbocycles. The van der Waals surface area contributed by atoms with Crippen molar-refractivity contribution in [3.63, 3.8) is 0 Å². The molecule has 0 spiro atoms. The van der Waals surface area contributed by atoms with Gasteiger partial charge in [0.15, 0.2) is 11.2 Å². The van der Waals surface area contributed by atoms with Gasteiger partial charge in [-0.3, -0.25) is 18.9 Å². The molecule has 0 heterocycles. The number of rotatable bonds is 32. The lowest BCUT2D eigenvalue weighted by Crippen LogP contribution is -2.29. The van der Waals surface area contributed by atoms with Gasteiger partial charge >= 0.3 is 19.8 Å². The summed E-state index contributed by atoms with van der Waals surface area (Å²) in [5.41, 5.74) is 0. The molecule has 260 valence electrons. The molecule has 9 nitrogen and oxygen atoms in total. The number of carbonyl (C=O) groups excluding carboxylic acids is 3. The van der Waals surface area contributed by atoms with Crippen LogP contribution in [-0.2, 0) is 32.9 Å². The molecule has 0 unspecified atom stereocenters. The molecule has 0 fully saturated rings. The quantitative estimate of drug-likeness (QED) is 0.0406. The second kappa shape index (κ2) is 30.7. The number of carbonyl (C=O) groups is 3. The molecule has 0 aliphatic rings. The Balaban J connectivity index is 3.96. The maximum Gasteiger partial charge on any atom is 0.469 e. The van der Waals surface area contributed by atoms with E-state index in [1.165, 1.54) is 82.4 Å². The monoisotopic (exact) mass is 666 g/mol. The lowest BCUT2D eigenvalue weighted by molar-refractivity contribution is -0.161. The van der Waals surface area contributed by atoms with Gasteiger partial charge in [0.25, 0.3) is 0 Å². The zero-order valence-corrected chi connectivity index (χ0v) is 29.5. The maximum absolute atomic E-state index is 12.3. The van der Waals surface area contributed by atoms with Crippen molar-refractivity contribution in [1.29, 1.82) is 0 Å². The lowest BCUT2D eigenvalue weighted by Gasteiger charge is -2.18. The zero-order valence-electron chi connectivity index (χ0n) is 27.8. The smallest absolute Gasteiger partial charge is 0.462 e. The number of hydrogen-bond donors (Lipinski definition) is 2. The van der Waals surface area contributed by atoms with E-state index in [2.05, 4.69) is 11.4 Å². The minimum atomic E-state index is -4.75. The molecule has 0 amide bonds. The zero-order chi connectivity index (χ0) is 32.7. The summed E-state index contributed by atoms with van der Waals surface area (Å²) in [6, 6.07) is 0. The number of esters is 2. The molecular formula is C33H63O9PS. The van der Waals surface area contributed by atoms with Crippen molar-refractivity contribution in [2.24, 2.45) is 0 Å². The average molecular weight is 667 g/mol. The molecule has 0 radical (unpaired) electrons. The van der Waals surface area contributed by atoms with Crippen LogP contribution in [0.2, 0.25) is 0 Å². The highest BCUT2D eigenvalue weighted by Crippen LogP contribution is 2.36. The Morgan fingerprint density at radius 1 is 0.614 bits per heavy atom. The van der Waals surface area contributed by atoms with Gasteiger partial charge in [-0.2, -0.15) is 0 Å². The predicted molar refractivity (Wildman–Crippen MR) is 178 cm³/mol. The number of hydrogen-bond acceptors (Lipinski definition) is 8. The Labute approximate surface area is 272 Å². The van der Waals surface area contributed by atoms with E-state index in [-0.39, 0.29) is 24.6 Å². The molecule has 0 aliphatic carbocycles. The van der Waals surface area contributed by atoms with Crippen molar-refractivity contribution in [1.82, 2.24) is 0 Å². The van der Waals surface area contributed by atoms with Crippen molar-refractivity contribution in [2.75, 3.05) is 19.0 Å². The molecule has 44 heavy (non-hydrogen) atoms. The summed E-state index contributed by atoms with van der Waals surface area (Å²) in [7, 11) is -4.75. The average Bonchev–Trinajstić information content (AvgIpc) is 2.96. The summed E-state index contributed by atoms with van der Waals surface area (Å²) in [4.78, 5) is 53.4. The van der Waals surface area contributed by atoms with E-state index in [1.807, 2.05) is 0 Å². The highest BCUT2D eigenvalue weighted by molar-refractivity contribution is 8.13. The van der Waals surface area contributed by atoms with Gasteiger partial charge < -0.3 is 19.3 Å². The van der Waals surface area contributed by atoms with Crippen molar-refractivity contribution < 1.29 is 42.7 Å². The highest BCUT2D eigenvalue weighted by atomic mass is 32.2. The summed E-state index contributed by atoms with van der Waals surface area (Å²) < 4.78 is 26.2. The minimum Gasteiger partial charge on any atom is -0.462 e. The van der Waals surface area contributed by atoms with Crippen molar-refractivity contribution in [3.8, 4) is 0 Å². The number of unbranched alkanes of at least 4 members (excludes halogenated alkanes) is 20. The van der Waals surface area contributed by atoms with E-state index < -0.39 is 32.5 Å². The first kappa shape index (κ1) is 43.1. The van der Waals surface area contributed by atoms with Gasteiger partial charge in [0.05, 0.1) is 6.61 Å². The fourth-order valence-corrected chi connectivity index (χ4v) is 5.91. The van der Waals surface area contributed by atoms with Gasteiger partial charge in [-0.05, 0) is 19.3 Å². The summed E-state index contributed by atoms with van der Waals surface area (Å²) in [5.74, 6) is -0.00861. The SMILES string of the molecule is CCCCCCCCCCCCCCCC(=O)O[C@@H](COC(=O)CCCCCCCCCCCSC(C)=O)COP(=O)(O)O. The molecular weight excluding hydrogens is 603 g/mol. The van der Waals surface area contributed by atoms with Gasteiger partial charge in [0, 0.05) is 25.5 Å². The first-order valence-electron chi connectivity index (χ1n) is 17.3. The second-order valence-electron chi connectivity index (χ2n) is 11.8. The summed E-state index contributed by atoms with van der Waals surface area (Å²) >= 11 is 1.39. The lowest BCUT2D eigenvalue weighted by atomic mass is 10.0. The highest BCUT2D eigenvalue weighted by Gasteiger charge is 2.22. The number of phosphoric acid groups is 1. The van der Waals surface area contributed by atoms with Crippen molar-refractivity contribution >= 4 is 36.6 Å². The Morgan fingerprint density at radius 2 is 1.02 bits per heavy atom. The van der Waals surface area contributed by atoms with Gasteiger partial charge in [-0.1, -0.05) is 141 Å². The fraction of sp³-hybridized carbons (Fsp3) is 0.909. The van der Waals surface area contributed by atoms with Gasteiger partial charge in [0.1, 0.15) is 6.61 Å². The normalized spacial score (nSPS) is 12.3. The van der Waals surface area contributed by atoms with Crippen LogP contribution in [0.4, 0.5) is 0 Å². The van der Waals surface area contributed by atoms with E-state index in [4.69, 9.17) is 19.3 Å². The maximum atomic E-state index is 12.3. The van der Waals surface area contributed by atoms with Gasteiger partial charge in [0.2, 0.25) is 0 Å². The first-order valence-corrected chi connectivity index (χ1v) is 19.8. The Bertz CT molecular complexity index is 760. The van der Waals surface area contributed by atoms with Crippen LogP contribution >= 0.6 is 19.6 Å². The summed E-state index contributed by atoms with van der Waals surface area (Å²) in [5, 5.41) is 0.182. The second-order valence-corrected chi connectivity index (χ2v) is 14.4. The first-order chi connectivity index (χ1) is 21.1. The predicted octanol–water partition coefficient (Wildman–Crippen LogP) is 9.21. The third kappa shape index (κ3) is 34.0. The van der Waals surface area contributed by atoms with E-state index >= 15 is 0 Å². The molecule has 1 atom stereocenters. The van der Waals surface area contributed by atoms with Crippen LogP contribution in [0.5, 0.6) is 0 Å². The third-order valence-corrected chi connectivity index (χ3v) is 8.86. The number of thioether (sulfide) groups is 1. The summed E-state index contributed by atoms with van der Waals surface area (Å²) in [6.45, 7) is 3.00. The van der Waals surface area contributed by atoms with Crippen LogP contribution in [-0.4, -0.2) is 51.9 Å². The van der Waals surface area contributed by atoms with Crippen LogP contribution in [0.3, 0.4) is 0 Å². The van der Waals surface area contributed by atoms with Crippen molar-refractivity contribution in [3.05, 3.63) is 0 Å². The Morgan fingerprint density at radius 3 is 1.45 bits per heavy atom. The molecule has 11 heteroatoms. The fourth-order valence-electron chi connectivity index (χ4n) is 4.91. The van der Waals surface area contributed by atoms with Crippen LogP contribution < -0.4 is 0 Å². The van der Waals surface area contributed by atoms with E-state index in [0.717, 1.165) is 63.5 Å². The standard InChI is InChI=1S/C33H63O9PS/c1-3-4-5-6-7-8-9-10-11-13-17-20-23-26-33(36)42-31(29-41-43(37,38)39)28-40-32(35)25-22-19-16-14-12-15-18-21-24-27-44-30(2)34/h31H,3-29H2,1-2H3,(H2,37,38,39)/t31-/m0/s1. The Hall–Kier alpha value is -0.930. The molecule has 0 saturated heterocycles. The van der Waals surface area contributed by atoms with Gasteiger partial charge in [-0.25, -0.2) is 4.57 Å². The molecule has 0 rings (SSSR count). The van der Waals surface area contributed by atoms with E-state index in [0.29, 0.717) is 12.8 Å². The molecule has 2 N–H and O–H groups in total. The van der Waals surface area contributed by atoms with Gasteiger partial charge in [-0.15, -0.1) is 0 Å². The van der Waals surface area contributed by atoms with E-state index in [9.17, 15) is 18.9 Å². The number of ether oxygens (including phenoxy) is 2. The van der Waals surface area contributed by atoms with Crippen molar-refractivity contribution in [2.45, 2.75) is 174 Å². The molecule has 0 bridgehead atoms. The number of phosphoric ester groups is 1. The van der Waals surface area contributed by atoms with Crippen LogP contribution in [0.15, 0.2) is 0 Å². The molecule has 0 aromatic heterocycles. The molecule has 0 aliphatic heterocycles. The topological polar surface area (TPSA) is 136 Å². The molecule has 0 aromatic rings. The van der Waals surface area contributed by atoms with E-state index in [1.54, 1.807) is 6.92 Å². The van der Waals surface area contributed by atoms with Crippen LogP contribution in [0.25, 0.3) is 0 Å². The minimum absolute atomic E-state index is 0.182. The van der Waals surface area contributed by atoms with Crippen LogP contribution in [0.1, 0.15) is 168 Å². The third-order valence-electron chi connectivity index (χ3n) is 7.47. The van der Waals surface area contributed by atoms with Crippen LogP contribution in [0, 0.1) is 0 Å². The molecule has 0 saturated carbocycles. The Kier molecular flexibility index (Phi) is 30.1.